The quantitative estimate of drug-likeness (QED) is 0.738. The smallest absolute Gasteiger partial charge is 0.295 e. The van der Waals surface area contributed by atoms with E-state index in [4.69, 9.17) is 5.73 Å². The van der Waals surface area contributed by atoms with E-state index in [-0.39, 0.29) is 11.4 Å². The second-order valence-corrected chi connectivity index (χ2v) is 4.14. The largest absolute Gasteiger partial charge is 0.366 e. The molecule has 0 saturated heterocycles. The molecule has 2 aromatic rings. The van der Waals surface area contributed by atoms with Crippen molar-refractivity contribution in [2.45, 2.75) is 6.92 Å². The maximum absolute atomic E-state index is 11.7. The third kappa shape index (κ3) is 2.31. The molecule has 0 aromatic carbocycles. The topological polar surface area (TPSA) is 114 Å². The van der Waals surface area contributed by atoms with Crippen LogP contribution in [0.1, 0.15) is 26.8 Å². The molecule has 17 heavy (non-hydrogen) atoms. The van der Waals surface area contributed by atoms with Crippen molar-refractivity contribution >= 4 is 28.2 Å². The molecule has 0 fully saturated rings. The number of primary amides is 1. The van der Waals surface area contributed by atoms with Gasteiger partial charge in [-0.1, -0.05) is 0 Å². The third-order valence-electron chi connectivity index (χ3n) is 1.96. The van der Waals surface area contributed by atoms with E-state index < -0.39 is 11.8 Å². The number of nitrogens with one attached hydrogen (secondary N) is 2. The molecule has 0 unspecified atom stereocenters. The number of rotatable bonds is 3. The van der Waals surface area contributed by atoms with Crippen molar-refractivity contribution in [2.24, 2.45) is 5.73 Å². The number of anilines is 1. The molecule has 2 heterocycles. The molecule has 0 atom stereocenters. The fourth-order valence-corrected chi connectivity index (χ4v) is 1.99. The van der Waals surface area contributed by atoms with E-state index in [2.05, 4.69) is 20.5 Å². The Morgan fingerprint density at radius 2 is 2.29 bits per heavy atom. The van der Waals surface area contributed by atoms with E-state index in [9.17, 15) is 9.59 Å². The van der Waals surface area contributed by atoms with Crippen LogP contribution in [0.5, 0.6) is 0 Å². The van der Waals surface area contributed by atoms with Crippen LogP contribution in [-0.2, 0) is 0 Å². The second kappa shape index (κ2) is 4.34. The van der Waals surface area contributed by atoms with Gasteiger partial charge in [-0.05, 0) is 18.4 Å². The maximum Gasteiger partial charge on any atom is 0.295 e. The summed E-state index contributed by atoms with van der Waals surface area (Å²) in [6, 6.07) is 1.55. The highest BCUT2D eigenvalue weighted by molar-refractivity contribution is 7.14. The normalized spacial score (nSPS) is 10.2. The van der Waals surface area contributed by atoms with Crippen molar-refractivity contribution in [3.63, 3.8) is 0 Å². The molecular formula is C9H9N5O2S. The van der Waals surface area contributed by atoms with Gasteiger partial charge in [-0.3, -0.25) is 14.7 Å². The first-order valence-corrected chi connectivity index (χ1v) is 5.53. The van der Waals surface area contributed by atoms with Gasteiger partial charge in [-0.2, -0.15) is 0 Å². The molecule has 88 valence electrons. The SMILES string of the molecule is Cc1nc(C(=O)Nc2sccc2C(N)=O)n[nH]1. The van der Waals surface area contributed by atoms with Crippen molar-refractivity contribution in [1.82, 2.24) is 15.2 Å². The molecule has 2 aromatic heterocycles. The van der Waals surface area contributed by atoms with Crippen LogP contribution >= 0.6 is 11.3 Å². The van der Waals surface area contributed by atoms with Crippen molar-refractivity contribution in [3.8, 4) is 0 Å². The molecular weight excluding hydrogens is 242 g/mol. The van der Waals surface area contributed by atoms with Gasteiger partial charge < -0.3 is 11.1 Å². The summed E-state index contributed by atoms with van der Waals surface area (Å²) in [5.74, 6) is -0.519. The molecule has 4 N–H and O–H groups in total. The van der Waals surface area contributed by atoms with E-state index in [1.807, 2.05) is 0 Å². The van der Waals surface area contributed by atoms with Gasteiger partial charge >= 0.3 is 0 Å². The molecule has 0 aliphatic heterocycles. The Labute approximate surface area is 100 Å². The molecule has 0 radical (unpaired) electrons. The molecule has 8 heteroatoms. The zero-order valence-electron chi connectivity index (χ0n) is 8.85. The Morgan fingerprint density at radius 1 is 1.53 bits per heavy atom. The Morgan fingerprint density at radius 3 is 2.88 bits per heavy atom. The maximum atomic E-state index is 11.7. The highest BCUT2D eigenvalue weighted by atomic mass is 32.1. The summed E-state index contributed by atoms with van der Waals surface area (Å²) in [5.41, 5.74) is 5.43. The number of nitrogens with two attached hydrogens (primary N) is 1. The first-order valence-electron chi connectivity index (χ1n) is 4.65. The van der Waals surface area contributed by atoms with Crippen LogP contribution in [0.4, 0.5) is 5.00 Å². The molecule has 2 amide bonds. The Kier molecular flexibility index (Phi) is 2.88. The van der Waals surface area contributed by atoms with Gasteiger partial charge in [0.2, 0.25) is 5.82 Å². The highest BCUT2D eigenvalue weighted by Crippen LogP contribution is 2.22. The summed E-state index contributed by atoms with van der Waals surface area (Å²) < 4.78 is 0. The fraction of sp³-hybridized carbons (Fsp3) is 0.111. The predicted octanol–water partition coefficient (Wildman–Crippen LogP) is 0.526. The summed E-state index contributed by atoms with van der Waals surface area (Å²) in [4.78, 5) is 26.6. The van der Waals surface area contributed by atoms with Crippen molar-refractivity contribution in [2.75, 3.05) is 5.32 Å². The van der Waals surface area contributed by atoms with Crippen LogP contribution in [-0.4, -0.2) is 27.0 Å². The third-order valence-corrected chi connectivity index (χ3v) is 2.79. The first kappa shape index (κ1) is 11.3. The second-order valence-electron chi connectivity index (χ2n) is 3.23. The van der Waals surface area contributed by atoms with Gasteiger partial charge in [-0.25, -0.2) is 4.98 Å². The predicted molar refractivity (Wildman–Crippen MR) is 61.9 cm³/mol. The lowest BCUT2D eigenvalue weighted by atomic mass is 10.3. The van der Waals surface area contributed by atoms with Crippen LogP contribution < -0.4 is 11.1 Å². The lowest BCUT2D eigenvalue weighted by Crippen LogP contribution is -2.17. The highest BCUT2D eigenvalue weighted by Gasteiger charge is 2.16. The molecule has 2 rings (SSSR count). The first-order chi connectivity index (χ1) is 8.08. The number of carbonyl (C=O) groups is 2. The minimum Gasteiger partial charge on any atom is -0.366 e. The van der Waals surface area contributed by atoms with Crippen molar-refractivity contribution in [1.29, 1.82) is 0 Å². The number of H-pyrrole nitrogens is 1. The Hall–Kier alpha value is -2.22. The number of aromatic amines is 1. The van der Waals surface area contributed by atoms with E-state index in [1.54, 1.807) is 18.4 Å². The number of carbonyl (C=O) groups excluding carboxylic acids is 2. The molecule has 0 aliphatic carbocycles. The van der Waals surface area contributed by atoms with Crippen LogP contribution in [0, 0.1) is 6.92 Å². The Balaban J connectivity index is 2.18. The molecule has 0 spiro atoms. The van der Waals surface area contributed by atoms with Gasteiger partial charge in [0.05, 0.1) is 5.56 Å². The summed E-state index contributed by atoms with van der Waals surface area (Å²) in [6.45, 7) is 1.68. The van der Waals surface area contributed by atoms with Gasteiger partial charge in [-0.15, -0.1) is 16.4 Å². The standard InChI is InChI=1S/C9H9N5O2S/c1-4-11-7(14-13-4)8(16)12-9-5(6(10)15)2-3-17-9/h2-3H,1H3,(H2,10,15)(H,12,16)(H,11,13,14). The Bertz CT molecular complexity index is 573. The van der Waals surface area contributed by atoms with E-state index >= 15 is 0 Å². The van der Waals surface area contributed by atoms with Crippen LogP contribution in [0.3, 0.4) is 0 Å². The number of thiophene rings is 1. The van der Waals surface area contributed by atoms with E-state index in [0.717, 1.165) is 0 Å². The number of amides is 2. The summed E-state index contributed by atoms with van der Waals surface area (Å²) in [7, 11) is 0. The van der Waals surface area contributed by atoms with Crippen molar-refractivity contribution < 1.29 is 9.59 Å². The summed E-state index contributed by atoms with van der Waals surface area (Å²) >= 11 is 1.21. The molecule has 0 aliphatic rings. The molecule has 0 bridgehead atoms. The number of hydrogen-bond acceptors (Lipinski definition) is 5. The average molecular weight is 251 g/mol. The average Bonchev–Trinajstić information content (AvgIpc) is 2.86. The van der Waals surface area contributed by atoms with Gasteiger partial charge in [0.1, 0.15) is 10.8 Å². The summed E-state index contributed by atoms with van der Waals surface area (Å²) in [5, 5.41) is 10.9. The zero-order chi connectivity index (χ0) is 12.4. The van der Waals surface area contributed by atoms with Crippen LogP contribution in [0.25, 0.3) is 0 Å². The molecule has 0 saturated carbocycles. The van der Waals surface area contributed by atoms with Crippen molar-refractivity contribution in [3.05, 3.63) is 28.7 Å². The van der Waals surface area contributed by atoms with Gasteiger partial charge in [0.15, 0.2) is 0 Å². The molecule has 7 nitrogen and oxygen atoms in total. The minimum absolute atomic E-state index is 0.0197. The monoisotopic (exact) mass is 251 g/mol. The zero-order valence-corrected chi connectivity index (χ0v) is 9.67. The minimum atomic E-state index is -0.590. The van der Waals surface area contributed by atoms with Crippen LogP contribution in [0.2, 0.25) is 0 Å². The van der Waals surface area contributed by atoms with Gasteiger partial charge in [0.25, 0.3) is 11.8 Å². The van der Waals surface area contributed by atoms with E-state index in [0.29, 0.717) is 10.8 Å². The fourth-order valence-electron chi connectivity index (χ4n) is 1.20. The van der Waals surface area contributed by atoms with E-state index in [1.165, 1.54) is 11.3 Å². The number of aromatic nitrogens is 3. The summed E-state index contributed by atoms with van der Waals surface area (Å²) in [6.07, 6.45) is 0. The lowest BCUT2D eigenvalue weighted by Gasteiger charge is -2.00. The number of nitrogens with zero attached hydrogens (tertiary/aromatic N) is 2. The lowest BCUT2D eigenvalue weighted by molar-refractivity contribution is 0.100. The van der Waals surface area contributed by atoms with Gasteiger partial charge in [0, 0.05) is 0 Å². The number of hydrogen-bond donors (Lipinski definition) is 3. The van der Waals surface area contributed by atoms with Crippen LogP contribution in [0.15, 0.2) is 11.4 Å². The number of aryl methyl sites for hydroxylation is 1.